The number of hydrogen-bond donors (Lipinski definition) is 2. The number of aromatic amines is 1. The summed E-state index contributed by atoms with van der Waals surface area (Å²) in [5, 5.41) is 7.16. The van der Waals surface area contributed by atoms with Gasteiger partial charge in [-0.3, -0.25) is 14.9 Å². The fourth-order valence-corrected chi connectivity index (χ4v) is 2.33. The Morgan fingerprint density at radius 1 is 1.18 bits per heavy atom. The van der Waals surface area contributed by atoms with E-state index in [9.17, 15) is 9.18 Å². The zero-order valence-corrected chi connectivity index (χ0v) is 11.8. The summed E-state index contributed by atoms with van der Waals surface area (Å²) in [4.78, 5) is 15.2. The molecule has 0 unspecified atom stereocenters. The third-order valence-corrected chi connectivity index (χ3v) is 3.38. The van der Waals surface area contributed by atoms with Crippen molar-refractivity contribution in [2.75, 3.05) is 0 Å². The number of aryl methyl sites for hydroxylation is 1. The number of aromatic nitrogens is 3. The molecule has 5 nitrogen and oxygen atoms in total. The molecule has 110 valence electrons. The van der Waals surface area contributed by atoms with Crippen LogP contribution in [-0.4, -0.2) is 21.1 Å². The third-order valence-electron chi connectivity index (χ3n) is 3.38. The molecule has 0 saturated carbocycles. The number of carbonyl (C=O) groups excluding carboxylic acids is 1. The Morgan fingerprint density at radius 3 is 2.59 bits per heavy atom. The highest BCUT2D eigenvalue weighted by Gasteiger charge is 2.15. The Labute approximate surface area is 126 Å². The molecule has 0 bridgehead atoms. The lowest BCUT2D eigenvalue weighted by Crippen LogP contribution is -2.12. The first-order valence-corrected chi connectivity index (χ1v) is 6.63. The van der Waals surface area contributed by atoms with Crippen LogP contribution in [0.2, 0.25) is 0 Å². The third kappa shape index (κ3) is 2.46. The van der Waals surface area contributed by atoms with Crippen molar-refractivity contribution in [3.63, 3.8) is 0 Å². The van der Waals surface area contributed by atoms with Crippen LogP contribution in [0.3, 0.4) is 0 Å². The van der Waals surface area contributed by atoms with Crippen LogP contribution in [-0.2, 0) is 0 Å². The number of amides is 1. The zero-order valence-electron chi connectivity index (χ0n) is 11.8. The molecule has 0 aliphatic heterocycles. The molecule has 3 aromatic rings. The van der Waals surface area contributed by atoms with E-state index >= 15 is 0 Å². The first-order valence-electron chi connectivity index (χ1n) is 6.63. The van der Waals surface area contributed by atoms with Gasteiger partial charge >= 0.3 is 0 Å². The van der Waals surface area contributed by atoms with E-state index in [1.807, 2.05) is 6.92 Å². The number of benzene rings is 1. The summed E-state index contributed by atoms with van der Waals surface area (Å²) < 4.78 is 13.1. The van der Waals surface area contributed by atoms with Crippen LogP contribution in [0.4, 0.5) is 4.39 Å². The second-order valence-electron chi connectivity index (χ2n) is 4.86. The number of rotatable bonds is 3. The van der Waals surface area contributed by atoms with Crippen molar-refractivity contribution < 1.29 is 9.18 Å². The lowest BCUT2D eigenvalue weighted by molar-refractivity contribution is 0.0995. The van der Waals surface area contributed by atoms with Gasteiger partial charge in [-0.25, -0.2) is 4.39 Å². The number of nitrogens with one attached hydrogen (secondary N) is 1. The molecular formula is C16H13FN4O. The minimum Gasteiger partial charge on any atom is -0.364 e. The van der Waals surface area contributed by atoms with Gasteiger partial charge in [-0.15, -0.1) is 0 Å². The first kappa shape index (κ1) is 13.9. The number of nitrogens with two attached hydrogens (primary N) is 1. The Kier molecular flexibility index (Phi) is 3.42. The second-order valence-corrected chi connectivity index (χ2v) is 4.86. The number of halogens is 1. The lowest BCUT2D eigenvalue weighted by Gasteiger charge is -2.06. The average molecular weight is 296 g/mol. The van der Waals surface area contributed by atoms with Gasteiger partial charge < -0.3 is 5.73 Å². The molecule has 0 radical (unpaired) electrons. The van der Waals surface area contributed by atoms with Crippen molar-refractivity contribution in [2.24, 2.45) is 5.73 Å². The number of H-pyrrole nitrogens is 1. The quantitative estimate of drug-likeness (QED) is 0.779. The van der Waals surface area contributed by atoms with Crippen molar-refractivity contribution in [1.29, 1.82) is 0 Å². The fourth-order valence-electron chi connectivity index (χ4n) is 2.33. The van der Waals surface area contributed by atoms with Gasteiger partial charge in [0.2, 0.25) is 0 Å². The van der Waals surface area contributed by atoms with Crippen molar-refractivity contribution in [3.05, 3.63) is 59.8 Å². The van der Waals surface area contributed by atoms with Crippen LogP contribution in [0.5, 0.6) is 0 Å². The maximum atomic E-state index is 13.1. The monoisotopic (exact) mass is 296 g/mol. The molecule has 3 N–H and O–H groups in total. The summed E-state index contributed by atoms with van der Waals surface area (Å²) >= 11 is 0. The van der Waals surface area contributed by atoms with E-state index in [2.05, 4.69) is 15.2 Å². The van der Waals surface area contributed by atoms with Gasteiger partial charge in [-0.1, -0.05) is 0 Å². The van der Waals surface area contributed by atoms with E-state index < -0.39 is 5.91 Å². The van der Waals surface area contributed by atoms with Gasteiger partial charge in [0.1, 0.15) is 11.5 Å². The number of nitrogens with zero attached hydrogens (tertiary/aromatic N) is 2. The summed E-state index contributed by atoms with van der Waals surface area (Å²) in [6.45, 7) is 1.85. The highest BCUT2D eigenvalue weighted by molar-refractivity contribution is 5.93. The van der Waals surface area contributed by atoms with Crippen LogP contribution < -0.4 is 5.73 Å². The molecule has 0 spiro atoms. The van der Waals surface area contributed by atoms with E-state index in [0.29, 0.717) is 0 Å². The van der Waals surface area contributed by atoms with Crippen LogP contribution in [0.25, 0.3) is 22.4 Å². The number of carbonyl (C=O) groups is 1. The van der Waals surface area contributed by atoms with E-state index in [4.69, 9.17) is 5.73 Å². The van der Waals surface area contributed by atoms with Gasteiger partial charge in [0.25, 0.3) is 5.91 Å². The van der Waals surface area contributed by atoms with Crippen molar-refractivity contribution >= 4 is 5.91 Å². The second kappa shape index (κ2) is 5.40. The number of primary amides is 1. The number of pyridine rings is 1. The molecule has 0 atom stereocenters. The Hall–Kier alpha value is -3.02. The van der Waals surface area contributed by atoms with E-state index in [1.165, 1.54) is 18.3 Å². The molecule has 1 aromatic carbocycles. The highest BCUT2D eigenvalue weighted by atomic mass is 19.1. The normalized spacial score (nSPS) is 10.6. The fraction of sp³-hybridized carbons (Fsp3) is 0.0625. The SMILES string of the molecule is Cc1n[nH]c(-c2ccc(F)cc2)c1-c1ccnc(C(N)=O)c1. The Balaban J connectivity index is 2.15. The van der Waals surface area contributed by atoms with E-state index in [1.54, 1.807) is 24.3 Å². The molecule has 2 heterocycles. The molecule has 0 fully saturated rings. The molecule has 6 heteroatoms. The number of hydrogen-bond acceptors (Lipinski definition) is 3. The summed E-state index contributed by atoms with van der Waals surface area (Å²) in [7, 11) is 0. The van der Waals surface area contributed by atoms with Crippen molar-refractivity contribution in [3.8, 4) is 22.4 Å². The van der Waals surface area contributed by atoms with Gasteiger partial charge in [0.15, 0.2) is 0 Å². The van der Waals surface area contributed by atoms with Crippen LogP contribution in [0.1, 0.15) is 16.2 Å². The predicted molar refractivity (Wildman–Crippen MR) is 80.5 cm³/mol. The van der Waals surface area contributed by atoms with E-state index in [0.717, 1.165) is 28.1 Å². The Morgan fingerprint density at radius 2 is 1.91 bits per heavy atom. The zero-order chi connectivity index (χ0) is 15.7. The molecule has 2 aromatic heterocycles. The van der Waals surface area contributed by atoms with E-state index in [-0.39, 0.29) is 11.5 Å². The topological polar surface area (TPSA) is 84.7 Å². The van der Waals surface area contributed by atoms with Gasteiger partial charge in [-0.2, -0.15) is 5.10 Å². The molecule has 0 aliphatic rings. The smallest absolute Gasteiger partial charge is 0.267 e. The minimum atomic E-state index is -0.591. The van der Waals surface area contributed by atoms with Gasteiger partial charge in [0.05, 0.1) is 11.4 Å². The summed E-state index contributed by atoms with van der Waals surface area (Å²) in [6.07, 6.45) is 1.52. The van der Waals surface area contributed by atoms with Crippen LogP contribution >= 0.6 is 0 Å². The summed E-state index contributed by atoms with van der Waals surface area (Å²) in [5.41, 5.74) is 9.37. The first-order chi connectivity index (χ1) is 10.6. The highest BCUT2D eigenvalue weighted by Crippen LogP contribution is 2.32. The largest absolute Gasteiger partial charge is 0.364 e. The summed E-state index contributed by atoms with van der Waals surface area (Å²) in [5.74, 6) is -0.896. The van der Waals surface area contributed by atoms with Crippen molar-refractivity contribution in [2.45, 2.75) is 6.92 Å². The molecule has 0 saturated heterocycles. The van der Waals surface area contributed by atoms with Gasteiger partial charge in [0, 0.05) is 17.3 Å². The van der Waals surface area contributed by atoms with Gasteiger partial charge in [-0.05, 0) is 48.9 Å². The Bertz CT molecular complexity index is 840. The molecule has 0 aliphatic carbocycles. The summed E-state index contributed by atoms with van der Waals surface area (Å²) in [6, 6.07) is 9.50. The molecule has 3 rings (SSSR count). The van der Waals surface area contributed by atoms with Crippen LogP contribution in [0.15, 0.2) is 42.6 Å². The molecule has 1 amide bonds. The standard InChI is InChI=1S/C16H13FN4O/c1-9-14(11-6-7-19-13(8-11)16(18)22)15(21-20-9)10-2-4-12(17)5-3-10/h2-8H,1H3,(H2,18,22)(H,20,21). The minimum absolute atomic E-state index is 0.183. The molecular weight excluding hydrogens is 283 g/mol. The predicted octanol–water partition coefficient (Wildman–Crippen LogP) is 2.69. The van der Waals surface area contributed by atoms with Crippen molar-refractivity contribution in [1.82, 2.24) is 15.2 Å². The lowest BCUT2D eigenvalue weighted by atomic mass is 9.99. The average Bonchev–Trinajstić information content (AvgIpc) is 2.90. The van der Waals surface area contributed by atoms with Crippen LogP contribution in [0, 0.1) is 12.7 Å². The maximum Gasteiger partial charge on any atom is 0.267 e. The molecule has 22 heavy (non-hydrogen) atoms. The maximum absolute atomic E-state index is 13.1.